The topological polar surface area (TPSA) is 88.1 Å². The summed E-state index contributed by atoms with van der Waals surface area (Å²) in [5.41, 5.74) is 1.82. The van der Waals surface area contributed by atoms with E-state index in [0.29, 0.717) is 12.0 Å². The van der Waals surface area contributed by atoms with E-state index in [1.54, 1.807) is 18.5 Å². The van der Waals surface area contributed by atoms with Gasteiger partial charge in [-0.25, -0.2) is 9.19 Å². The van der Waals surface area contributed by atoms with Crippen LogP contribution in [0.25, 0.3) is 11.3 Å². The molecule has 0 aromatic carbocycles. The number of aryl methyl sites for hydroxylation is 1. The molecular weight excluding hydrogens is 324 g/mol. The van der Waals surface area contributed by atoms with Crippen LogP contribution in [0.3, 0.4) is 0 Å². The van der Waals surface area contributed by atoms with Gasteiger partial charge in [0.1, 0.15) is 5.82 Å². The maximum atomic E-state index is 12.8. The Labute approximate surface area is 140 Å². The van der Waals surface area contributed by atoms with Crippen LogP contribution < -0.4 is 0 Å². The largest absolute Gasteiger partial charge is 0.342 e. The van der Waals surface area contributed by atoms with E-state index in [9.17, 15) is 9.00 Å². The maximum Gasteiger partial charge on any atom is 0.286 e. The predicted octanol–water partition coefficient (Wildman–Crippen LogP) is 2.90. The molecular formula is C17H18N4O2S. The van der Waals surface area contributed by atoms with Crippen LogP contribution in [0, 0.1) is 6.92 Å². The van der Waals surface area contributed by atoms with E-state index in [2.05, 4.69) is 19.3 Å². The van der Waals surface area contributed by atoms with Gasteiger partial charge in [-0.05, 0) is 19.4 Å². The molecule has 3 rings (SSSR count). The lowest BCUT2D eigenvalue weighted by atomic mass is 10.1. The van der Waals surface area contributed by atoms with Crippen LogP contribution in [-0.4, -0.2) is 36.6 Å². The molecule has 0 spiro atoms. The Morgan fingerprint density at radius 2 is 2.17 bits per heavy atom. The first kappa shape index (κ1) is 16.3. The summed E-state index contributed by atoms with van der Waals surface area (Å²) >= 11 is 0. The highest BCUT2D eigenvalue weighted by Gasteiger charge is 2.19. The second-order valence-electron chi connectivity index (χ2n) is 5.69. The molecule has 1 aliphatic rings. The quantitative estimate of drug-likeness (QED) is 0.929. The highest BCUT2D eigenvalue weighted by Crippen LogP contribution is 2.19. The summed E-state index contributed by atoms with van der Waals surface area (Å²) in [6, 6.07) is 1.68. The third kappa shape index (κ3) is 3.51. The minimum Gasteiger partial charge on any atom is -0.342 e. The molecule has 2 heterocycles. The average molecular weight is 342 g/mol. The van der Waals surface area contributed by atoms with E-state index < -0.39 is 15.6 Å². The number of aromatic nitrogens is 3. The molecule has 1 amide bonds. The van der Waals surface area contributed by atoms with Gasteiger partial charge in [-0.2, -0.15) is 4.36 Å². The first-order valence-electron chi connectivity index (χ1n) is 7.51. The number of carbonyl (C=O) groups excluding carboxylic acids is 1. The monoisotopic (exact) mass is 342 g/mol. The minimum absolute atomic E-state index is 0.252. The van der Waals surface area contributed by atoms with Gasteiger partial charge in [-0.1, -0.05) is 24.3 Å². The molecule has 0 bridgehead atoms. The summed E-state index contributed by atoms with van der Waals surface area (Å²) in [7, 11) is -2.66. The normalized spacial score (nSPS) is 19.0. The Balaban J connectivity index is 1.90. The fourth-order valence-electron chi connectivity index (χ4n) is 2.44. The molecule has 124 valence electrons. The number of aromatic amines is 1. The number of allylic oxidation sites excluding steroid dienone is 3. The van der Waals surface area contributed by atoms with Crippen LogP contribution in [0.1, 0.15) is 22.6 Å². The summed E-state index contributed by atoms with van der Waals surface area (Å²) < 4.78 is 16.8. The van der Waals surface area contributed by atoms with Gasteiger partial charge < -0.3 is 4.98 Å². The molecule has 24 heavy (non-hydrogen) atoms. The highest BCUT2D eigenvalue weighted by molar-refractivity contribution is 7.94. The van der Waals surface area contributed by atoms with Crippen molar-refractivity contribution in [2.75, 3.05) is 6.26 Å². The Kier molecular flexibility index (Phi) is 4.44. The number of amides is 1. The first-order chi connectivity index (χ1) is 11.5. The van der Waals surface area contributed by atoms with Crippen molar-refractivity contribution in [2.24, 2.45) is 4.36 Å². The van der Waals surface area contributed by atoms with Crippen molar-refractivity contribution in [3.05, 3.63) is 60.3 Å². The predicted molar refractivity (Wildman–Crippen MR) is 94.1 cm³/mol. The Hall–Kier alpha value is -2.54. The van der Waals surface area contributed by atoms with Crippen molar-refractivity contribution < 1.29 is 9.00 Å². The van der Waals surface area contributed by atoms with Gasteiger partial charge in [0.2, 0.25) is 0 Å². The molecule has 0 fully saturated rings. The molecule has 1 unspecified atom stereocenters. The summed E-state index contributed by atoms with van der Waals surface area (Å²) in [5.74, 6) is 0.260. The first-order valence-corrected chi connectivity index (χ1v) is 9.50. The number of imidazole rings is 1. The number of nitrogens with one attached hydrogen (secondary N) is 1. The summed E-state index contributed by atoms with van der Waals surface area (Å²) in [6.45, 7) is 1.85. The fraction of sp³-hybridized carbons (Fsp3) is 0.235. The molecule has 0 saturated heterocycles. The van der Waals surface area contributed by atoms with E-state index >= 15 is 0 Å². The zero-order chi connectivity index (χ0) is 17.2. The highest BCUT2D eigenvalue weighted by atomic mass is 32.2. The molecule has 2 atom stereocenters. The number of hydrogen-bond donors (Lipinski definition) is 1. The van der Waals surface area contributed by atoms with Crippen molar-refractivity contribution in [3.8, 4) is 11.3 Å². The molecule has 0 saturated carbocycles. The lowest BCUT2D eigenvalue weighted by Crippen LogP contribution is -2.19. The maximum absolute atomic E-state index is 12.8. The number of pyridine rings is 1. The van der Waals surface area contributed by atoms with Gasteiger partial charge in [-0.15, -0.1) is 0 Å². The van der Waals surface area contributed by atoms with E-state index in [-0.39, 0.29) is 5.25 Å². The van der Waals surface area contributed by atoms with Crippen molar-refractivity contribution in [1.82, 2.24) is 15.0 Å². The Morgan fingerprint density at radius 3 is 2.83 bits per heavy atom. The van der Waals surface area contributed by atoms with Crippen molar-refractivity contribution in [1.29, 1.82) is 0 Å². The van der Waals surface area contributed by atoms with E-state index in [0.717, 1.165) is 17.1 Å². The lowest BCUT2D eigenvalue weighted by molar-refractivity contribution is 0.100. The van der Waals surface area contributed by atoms with Gasteiger partial charge in [0, 0.05) is 24.2 Å². The third-order valence-corrected chi connectivity index (χ3v) is 5.77. The zero-order valence-corrected chi connectivity index (χ0v) is 14.3. The molecule has 1 N–H and O–H groups in total. The summed E-state index contributed by atoms with van der Waals surface area (Å²) in [4.78, 5) is 23.8. The zero-order valence-electron chi connectivity index (χ0n) is 13.5. The van der Waals surface area contributed by atoms with Crippen molar-refractivity contribution in [3.63, 3.8) is 0 Å². The van der Waals surface area contributed by atoms with Crippen LogP contribution in [0.2, 0.25) is 0 Å². The van der Waals surface area contributed by atoms with Gasteiger partial charge >= 0.3 is 0 Å². The van der Waals surface area contributed by atoms with Crippen molar-refractivity contribution >= 4 is 15.6 Å². The standard InChI is InChI=1S/C17H18N4O2S/c1-12-19-11-16(20-12)13-8-14(10-18-9-13)17(22)21-24(2,23)15-6-4-3-5-7-15/h3-6,8-11,15H,7H2,1-2H3,(H,19,20)/t15?,24-/m0/s1. The SMILES string of the molecule is Cc1ncc(-c2cncc(C(=O)N=[S@@](C)(=O)C3C=CC=CC3)c2)[nH]1. The molecule has 2 aromatic heterocycles. The summed E-state index contributed by atoms with van der Waals surface area (Å²) in [6.07, 6.45) is 14.4. The number of rotatable bonds is 3. The fourth-order valence-corrected chi connectivity index (χ4v) is 3.86. The van der Waals surface area contributed by atoms with E-state index in [4.69, 9.17) is 0 Å². The van der Waals surface area contributed by atoms with Gasteiger partial charge in [0.05, 0.1) is 32.4 Å². The summed E-state index contributed by atoms with van der Waals surface area (Å²) in [5, 5.41) is -0.252. The van der Waals surface area contributed by atoms with Crippen LogP contribution in [0.15, 0.2) is 53.3 Å². The second kappa shape index (κ2) is 6.52. The molecule has 1 aliphatic carbocycles. The van der Waals surface area contributed by atoms with Crippen LogP contribution in [0.5, 0.6) is 0 Å². The number of H-pyrrole nitrogens is 1. The molecule has 2 aromatic rings. The molecule has 7 heteroatoms. The molecule has 0 aliphatic heterocycles. The number of nitrogens with zero attached hydrogens (tertiary/aromatic N) is 3. The van der Waals surface area contributed by atoms with E-state index in [1.807, 2.05) is 31.2 Å². The molecule has 6 nitrogen and oxygen atoms in total. The van der Waals surface area contributed by atoms with Gasteiger partial charge in [-0.3, -0.25) is 9.78 Å². The lowest BCUT2D eigenvalue weighted by Gasteiger charge is -2.14. The van der Waals surface area contributed by atoms with E-state index in [1.165, 1.54) is 12.5 Å². The third-order valence-electron chi connectivity index (χ3n) is 3.77. The average Bonchev–Trinajstić information content (AvgIpc) is 3.02. The van der Waals surface area contributed by atoms with Gasteiger partial charge in [0.25, 0.3) is 5.91 Å². The smallest absolute Gasteiger partial charge is 0.286 e. The van der Waals surface area contributed by atoms with Crippen LogP contribution in [-0.2, 0) is 9.73 Å². The second-order valence-corrected chi connectivity index (χ2v) is 8.20. The van der Waals surface area contributed by atoms with Crippen LogP contribution in [0.4, 0.5) is 0 Å². The van der Waals surface area contributed by atoms with Crippen molar-refractivity contribution in [2.45, 2.75) is 18.6 Å². The number of hydrogen-bond acceptors (Lipinski definition) is 4. The Morgan fingerprint density at radius 1 is 1.33 bits per heavy atom. The Bertz CT molecular complexity index is 949. The number of carbonyl (C=O) groups is 1. The van der Waals surface area contributed by atoms with Gasteiger partial charge in [0.15, 0.2) is 0 Å². The molecule has 0 radical (unpaired) electrons. The minimum atomic E-state index is -2.66. The van der Waals surface area contributed by atoms with Crippen LogP contribution >= 0.6 is 0 Å².